The SMILES string of the molecule is NC(=O)C1CCCN1C1CCN(C(=O)COC2CCCCC2)CC1. The van der Waals surface area contributed by atoms with Gasteiger partial charge in [0.15, 0.2) is 0 Å². The summed E-state index contributed by atoms with van der Waals surface area (Å²) in [5.41, 5.74) is 5.52. The molecule has 1 saturated carbocycles. The second kappa shape index (κ2) is 8.30. The summed E-state index contributed by atoms with van der Waals surface area (Å²) in [6, 6.07) is 0.278. The zero-order chi connectivity index (χ0) is 16.9. The number of nitrogens with zero attached hydrogens (tertiary/aromatic N) is 2. The van der Waals surface area contributed by atoms with Crippen LogP contribution in [-0.4, -0.2) is 66.0 Å². The smallest absolute Gasteiger partial charge is 0.248 e. The first kappa shape index (κ1) is 17.7. The molecule has 3 aliphatic rings. The van der Waals surface area contributed by atoms with Gasteiger partial charge in [-0.15, -0.1) is 0 Å². The highest BCUT2D eigenvalue weighted by atomic mass is 16.5. The van der Waals surface area contributed by atoms with E-state index in [1.54, 1.807) is 0 Å². The van der Waals surface area contributed by atoms with Crippen molar-refractivity contribution in [3.8, 4) is 0 Å². The zero-order valence-corrected chi connectivity index (χ0v) is 14.6. The molecule has 2 N–H and O–H groups in total. The second-order valence-corrected chi connectivity index (χ2v) is 7.48. The molecule has 0 spiro atoms. The van der Waals surface area contributed by atoms with Crippen molar-refractivity contribution in [3.63, 3.8) is 0 Å². The summed E-state index contributed by atoms with van der Waals surface area (Å²) in [5, 5.41) is 0. The van der Waals surface area contributed by atoms with Crippen LogP contribution in [0.5, 0.6) is 0 Å². The molecule has 6 nitrogen and oxygen atoms in total. The third kappa shape index (κ3) is 4.28. The lowest BCUT2D eigenvalue weighted by atomic mass is 9.98. The molecule has 2 saturated heterocycles. The fourth-order valence-corrected chi connectivity index (χ4v) is 4.49. The minimum Gasteiger partial charge on any atom is -0.368 e. The zero-order valence-electron chi connectivity index (χ0n) is 14.6. The largest absolute Gasteiger partial charge is 0.368 e. The van der Waals surface area contributed by atoms with E-state index in [4.69, 9.17) is 10.5 Å². The third-order valence-corrected chi connectivity index (χ3v) is 5.90. The molecular weight excluding hydrogens is 306 g/mol. The predicted molar refractivity (Wildman–Crippen MR) is 91.3 cm³/mol. The van der Waals surface area contributed by atoms with E-state index in [1.165, 1.54) is 19.3 Å². The molecule has 1 aliphatic carbocycles. The van der Waals surface area contributed by atoms with Crippen LogP contribution in [0.3, 0.4) is 0 Å². The van der Waals surface area contributed by atoms with Gasteiger partial charge in [0.2, 0.25) is 11.8 Å². The van der Waals surface area contributed by atoms with E-state index in [0.717, 1.165) is 58.2 Å². The maximum absolute atomic E-state index is 12.4. The third-order valence-electron chi connectivity index (χ3n) is 5.90. The Morgan fingerprint density at radius 3 is 2.29 bits per heavy atom. The van der Waals surface area contributed by atoms with Gasteiger partial charge in [0.1, 0.15) is 6.61 Å². The van der Waals surface area contributed by atoms with Crippen molar-refractivity contribution in [2.45, 2.75) is 76.0 Å². The number of rotatable bonds is 5. The Hall–Kier alpha value is -1.14. The van der Waals surface area contributed by atoms with Gasteiger partial charge in [-0.1, -0.05) is 19.3 Å². The number of carbonyl (C=O) groups excluding carboxylic acids is 2. The molecule has 2 heterocycles. The van der Waals surface area contributed by atoms with Crippen LogP contribution in [0.1, 0.15) is 57.8 Å². The van der Waals surface area contributed by atoms with Gasteiger partial charge < -0.3 is 15.4 Å². The molecule has 3 rings (SSSR count). The molecule has 136 valence electrons. The molecule has 0 aromatic carbocycles. The van der Waals surface area contributed by atoms with E-state index in [-0.39, 0.29) is 30.6 Å². The van der Waals surface area contributed by atoms with Crippen LogP contribution < -0.4 is 5.73 Å². The fraction of sp³-hybridized carbons (Fsp3) is 0.889. The average Bonchev–Trinajstić information content (AvgIpc) is 3.11. The number of likely N-dealkylation sites (tertiary alicyclic amines) is 2. The molecule has 0 aromatic heterocycles. The van der Waals surface area contributed by atoms with E-state index >= 15 is 0 Å². The van der Waals surface area contributed by atoms with Crippen LogP contribution in [0, 0.1) is 0 Å². The number of hydrogen-bond acceptors (Lipinski definition) is 4. The Balaban J connectivity index is 1.41. The van der Waals surface area contributed by atoms with Crippen molar-refractivity contribution in [1.82, 2.24) is 9.80 Å². The lowest BCUT2D eigenvalue weighted by Crippen LogP contribution is -2.51. The minimum absolute atomic E-state index is 0.105. The second-order valence-electron chi connectivity index (χ2n) is 7.48. The summed E-state index contributed by atoms with van der Waals surface area (Å²) in [6.45, 7) is 2.71. The molecule has 2 aliphatic heterocycles. The monoisotopic (exact) mass is 337 g/mol. The van der Waals surface area contributed by atoms with Crippen molar-refractivity contribution in [1.29, 1.82) is 0 Å². The van der Waals surface area contributed by atoms with Gasteiger partial charge in [-0.05, 0) is 45.1 Å². The van der Waals surface area contributed by atoms with Crippen LogP contribution >= 0.6 is 0 Å². The summed E-state index contributed by atoms with van der Waals surface area (Å²) >= 11 is 0. The van der Waals surface area contributed by atoms with Crippen molar-refractivity contribution in [2.75, 3.05) is 26.2 Å². The van der Waals surface area contributed by atoms with Gasteiger partial charge >= 0.3 is 0 Å². The first-order chi connectivity index (χ1) is 11.6. The number of amides is 2. The standard InChI is InChI=1S/C18H31N3O3/c19-18(23)16-7-4-10-21(16)14-8-11-20(12-9-14)17(22)13-24-15-5-2-1-3-6-15/h14-16H,1-13H2,(H2,19,23). The highest BCUT2D eigenvalue weighted by Crippen LogP contribution is 2.26. The normalized spacial score (nSPS) is 27.5. The van der Waals surface area contributed by atoms with E-state index < -0.39 is 0 Å². The quantitative estimate of drug-likeness (QED) is 0.820. The summed E-state index contributed by atoms with van der Waals surface area (Å²) in [6.07, 6.45) is 9.99. The van der Waals surface area contributed by atoms with Crippen LogP contribution in [0.15, 0.2) is 0 Å². The number of carbonyl (C=O) groups is 2. The topological polar surface area (TPSA) is 75.9 Å². The van der Waals surface area contributed by atoms with Gasteiger partial charge in [0.05, 0.1) is 12.1 Å². The Morgan fingerprint density at radius 2 is 1.62 bits per heavy atom. The lowest BCUT2D eigenvalue weighted by Gasteiger charge is -2.38. The number of ether oxygens (including phenoxy) is 1. The van der Waals surface area contributed by atoms with Gasteiger partial charge in [0.25, 0.3) is 0 Å². The molecular formula is C18H31N3O3. The fourth-order valence-electron chi connectivity index (χ4n) is 4.49. The van der Waals surface area contributed by atoms with Crippen LogP contribution in [0.4, 0.5) is 0 Å². The van der Waals surface area contributed by atoms with Gasteiger partial charge in [0, 0.05) is 19.1 Å². The molecule has 3 fully saturated rings. The molecule has 2 amide bonds. The number of primary amides is 1. The maximum Gasteiger partial charge on any atom is 0.248 e. The summed E-state index contributed by atoms with van der Waals surface area (Å²) in [5.74, 6) is -0.0845. The highest BCUT2D eigenvalue weighted by Gasteiger charge is 2.36. The molecule has 6 heteroatoms. The lowest BCUT2D eigenvalue weighted by molar-refractivity contribution is -0.140. The Morgan fingerprint density at radius 1 is 0.917 bits per heavy atom. The van der Waals surface area contributed by atoms with Gasteiger partial charge in [-0.3, -0.25) is 14.5 Å². The van der Waals surface area contributed by atoms with Crippen LogP contribution in [0.25, 0.3) is 0 Å². The van der Waals surface area contributed by atoms with Gasteiger partial charge in [-0.2, -0.15) is 0 Å². The van der Waals surface area contributed by atoms with Crippen molar-refractivity contribution in [2.24, 2.45) is 5.73 Å². The van der Waals surface area contributed by atoms with Gasteiger partial charge in [-0.25, -0.2) is 0 Å². The Bertz CT molecular complexity index is 443. The number of nitrogens with two attached hydrogens (primary N) is 1. The number of hydrogen-bond donors (Lipinski definition) is 1. The molecule has 0 aromatic rings. The summed E-state index contributed by atoms with van der Waals surface area (Å²) in [7, 11) is 0. The van der Waals surface area contributed by atoms with E-state index in [9.17, 15) is 9.59 Å². The first-order valence-electron chi connectivity index (χ1n) is 9.59. The Labute approximate surface area is 144 Å². The van der Waals surface area contributed by atoms with Crippen molar-refractivity contribution < 1.29 is 14.3 Å². The van der Waals surface area contributed by atoms with E-state index in [2.05, 4.69) is 4.90 Å². The summed E-state index contributed by atoms with van der Waals surface area (Å²) in [4.78, 5) is 28.1. The Kier molecular flexibility index (Phi) is 6.11. The molecule has 1 unspecified atom stereocenters. The molecule has 24 heavy (non-hydrogen) atoms. The average molecular weight is 337 g/mol. The minimum atomic E-state index is -0.202. The van der Waals surface area contributed by atoms with Crippen molar-refractivity contribution in [3.05, 3.63) is 0 Å². The maximum atomic E-state index is 12.4. The van der Waals surface area contributed by atoms with Crippen LogP contribution in [0.2, 0.25) is 0 Å². The number of piperidine rings is 1. The molecule has 0 bridgehead atoms. The van der Waals surface area contributed by atoms with E-state index in [1.807, 2.05) is 4.90 Å². The first-order valence-corrected chi connectivity index (χ1v) is 9.59. The van der Waals surface area contributed by atoms with E-state index in [0.29, 0.717) is 6.04 Å². The molecule has 0 radical (unpaired) electrons. The highest BCUT2D eigenvalue weighted by molar-refractivity contribution is 5.80. The molecule has 1 atom stereocenters. The predicted octanol–water partition coefficient (Wildman–Crippen LogP) is 1.28. The van der Waals surface area contributed by atoms with Crippen molar-refractivity contribution >= 4 is 11.8 Å². The van der Waals surface area contributed by atoms with Crippen LogP contribution in [-0.2, 0) is 14.3 Å². The summed E-state index contributed by atoms with van der Waals surface area (Å²) < 4.78 is 5.81.